The molecule has 0 radical (unpaired) electrons. The highest BCUT2D eigenvalue weighted by molar-refractivity contribution is 7.20. The summed E-state index contributed by atoms with van der Waals surface area (Å²) in [5.74, 6) is -0.224. The molecule has 0 saturated carbocycles. The molecule has 0 aliphatic rings. The lowest BCUT2D eigenvalue weighted by molar-refractivity contribution is 0.102. The highest BCUT2D eigenvalue weighted by atomic mass is 32.1. The molecule has 0 saturated heterocycles. The van der Waals surface area contributed by atoms with Gasteiger partial charge in [-0.05, 0) is 42.6 Å². The number of carbonyl (C=O) groups is 1. The van der Waals surface area contributed by atoms with E-state index in [0.717, 1.165) is 15.8 Å². The maximum Gasteiger partial charge on any atom is 0.346 e. The molecule has 0 fully saturated rings. The van der Waals surface area contributed by atoms with E-state index in [0.29, 0.717) is 32.4 Å². The average molecular weight is 445 g/mol. The van der Waals surface area contributed by atoms with Crippen molar-refractivity contribution in [1.29, 1.82) is 0 Å². The Hall–Kier alpha value is -3.55. The molecular formula is C24H16N2O3S2. The van der Waals surface area contributed by atoms with E-state index < -0.39 is 5.63 Å². The Bertz CT molecular complexity index is 1450. The van der Waals surface area contributed by atoms with Gasteiger partial charge in [-0.3, -0.25) is 4.79 Å². The fourth-order valence-electron chi connectivity index (χ4n) is 3.19. The number of benzene rings is 2. The number of rotatable bonds is 4. The van der Waals surface area contributed by atoms with E-state index in [9.17, 15) is 9.59 Å². The molecule has 1 amide bonds. The van der Waals surface area contributed by atoms with Crippen molar-refractivity contribution in [2.24, 2.45) is 0 Å². The summed E-state index contributed by atoms with van der Waals surface area (Å²) in [7, 11) is 0. The van der Waals surface area contributed by atoms with E-state index in [4.69, 9.17) is 9.40 Å². The van der Waals surface area contributed by atoms with E-state index in [1.165, 1.54) is 22.7 Å². The second-order valence-electron chi connectivity index (χ2n) is 6.98. The van der Waals surface area contributed by atoms with Crippen LogP contribution in [0.5, 0.6) is 0 Å². The SMILES string of the molecule is Cc1ccc(C(=O)Nc2sc(-c3cc4ccccc4oc3=O)nc2-c2cccs2)cc1. The molecule has 7 heteroatoms. The largest absolute Gasteiger partial charge is 0.422 e. The third-order valence-corrected chi connectivity index (χ3v) is 6.68. The summed E-state index contributed by atoms with van der Waals surface area (Å²) < 4.78 is 5.48. The third-order valence-electron chi connectivity index (χ3n) is 4.79. The van der Waals surface area contributed by atoms with Crippen LogP contribution in [0.1, 0.15) is 15.9 Å². The number of thiophene rings is 1. The Morgan fingerprint density at radius 1 is 1.03 bits per heavy atom. The zero-order valence-electron chi connectivity index (χ0n) is 16.4. The number of thiazole rings is 1. The number of nitrogens with zero attached hydrogens (tertiary/aromatic N) is 1. The predicted octanol–water partition coefficient (Wildman–Crippen LogP) is 6.21. The summed E-state index contributed by atoms with van der Waals surface area (Å²) in [6.07, 6.45) is 0. The summed E-state index contributed by atoms with van der Waals surface area (Å²) in [4.78, 5) is 31.1. The lowest BCUT2D eigenvalue weighted by Crippen LogP contribution is -2.11. The zero-order valence-corrected chi connectivity index (χ0v) is 18.0. The number of carbonyl (C=O) groups excluding carboxylic acids is 1. The molecule has 0 unspecified atom stereocenters. The van der Waals surface area contributed by atoms with Gasteiger partial charge >= 0.3 is 5.63 Å². The second kappa shape index (κ2) is 7.94. The molecule has 152 valence electrons. The highest BCUT2D eigenvalue weighted by Crippen LogP contribution is 2.39. The second-order valence-corrected chi connectivity index (χ2v) is 8.93. The summed E-state index contributed by atoms with van der Waals surface area (Å²) in [6, 6.07) is 20.4. The van der Waals surface area contributed by atoms with Gasteiger partial charge in [-0.15, -0.1) is 11.3 Å². The normalized spacial score (nSPS) is 11.0. The molecule has 3 heterocycles. The van der Waals surface area contributed by atoms with E-state index >= 15 is 0 Å². The summed E-state index contributed by atoms with van der Waals surface area (Å²) >= 11 is 2.78. The quantitative estimate of drug-likeness (QED) is 0.335. The van der Waals surface area contributed by atoms with Gasteiger partial charge in [0.25, 0.3) is 5.91 Å². The van der Waals surface area contributed by atoms with Gasteiger partial charge in [-0.25, -0.2) is 9.78 Å². The molecule has 0 aliphatic heterocycles. The summed E-state index contributed by atoms with van der Waals surface area (Å²) in [5.41, 5.74) is 2.72. The molecule has 5 aromatic rings. The molecule has 1 N–H and O–H groups in total. The molecule has 0 aliphatic carbocycles. The first-order valence-electron chi connectivity index (χ1n) is 9.54. The van der Waals surface area contributed by atoms with Crippen molar-refractivity contribution in [1.82, 2.24) is 4.98 Å². The van der Waals surface area contributed by atoms with Crippen LogP contribution in [0.3, 0.4) is 0 Å². The van der Waals surface area contributed by atoms with Crippen molar-refractivity contribution in [3.8, 4) is 21.1 Å². The van der Waals surface area contributed by atoms with Crippen LogP contribution in [-0.2, 0) is 0 Å². The minimum Gasteiger partial charge on any atom is -0.422 e. The maximum absolute atomic E-state index is 12.8. The molecule has 0 bridgehead atoms. The summed E-state index contributed by atoms with van der Waals surface area (Å²) in [6.45, 7) is 1.97. The Morgan fingerprint density at radius 3 is 2.61 bits per heavy atom. The number of fused-ring (bicyclic) bond motifs is 1. The number of para-hydroxylation sites is 1. The maximum atomic E-state index is 12.8. The minimum absolute atomic E-state index is 0.224. The van der Waals surface area contributed by atoms with Gasteiger partial charge in [0.05, 0.1) is 10.4 Å². The Kier molecular flexibility index (Phi) is 4.97. The van der Waals surface area contributed by atoms with Crippen molar-refractivity contribution in [3.05, 3.63) is 93.7 Å². The lowest BCUT2D eigenvalue weighted by atomic mass is 10.1. The van der Waals surface area contributed by atoms with E-state index in [2.05, 4.69) is 5.32 Å². The number of anilines is 1. The van der Waals surface area contributed by atoms with Crippen molar-refractivity contribution in [3.63, 3.8) is 0 Å². The topological polar surface area (TPSA) is 72.2 Å². The van der Waals surface area contributed by atoms with Crippen molar-refractivity contribution < 1.29 is 9.21 Å². The van der Waals surface area contributed by atoms with Crippen LogP contribution in [0.2, 0.25) is 0 Å². The van der Waals surface area contributed by atoms with Gasteiger partial charge < -0.3 is 9.73 Å². The predicted molar refractivity (Wildman–Crippen MR) is 126 cm³/mol. The molecule has 2 aromatic carbocycles. The standard InChI is InChI=1S/C24H16N2O3S2/c1-14-8-10-15(11-9-14)21(27)26-23-20(19-7-4-12-30-19)25-22(31-23)17-13-16-5-2-3-6-18(16)29-24(17)28/h2-13H,1H3,(H,26,27). The Morgan fingerprint density at radius 2 is 1.84 bits per heavy atom. The van der Waals surface area contributed by atoms with E-state index in [1.807, 2.05) is 54.8 Å². The highest BCUT2D eigenvalue weighted by Gasteiger charge is 2.20. The van der Waals surface area contributed by atoms with Crippen molar-refractivity contribution >= 4 is 44.6 Å². The van der Waals surface area contributed by atoms with Gasteiger partial charge in [0.1, 0.15) is 21.3 Å². The van der Waals surface area contributed by atoms with Crippen molar-refractivity contribution in [2.45, 2.75) is 6.92 Å². The number of amides is 1. The molecule has 5 rings (SSSR count). The minimum atomic E-state index is -0.457. The monoisotopic (exact) mass is 444 g/mol. The lowest BCUT2D eigenvalue weighted by Gasteiger charge is -2.04. The number of aromatic nitrogens is 1. The Balaban J connectivity index is 1.59. The van der Waals surface area contributed by atoms with Gasteiger partial charge in [0.15, 0.2) is 0 Å². The fourth-order valence-corrected chi connectivity index (χ4v) is 4.95. The van der Waals surface area contributed by atoms with Gasteiger partial charge in [-0.2, -0.15) is 0 Å². The molecule has 3 aromatic heterocycles. The number of aryl methyl sites for hydroxylation is 1. The first-order chi connectivity index (χ1) is 15.1. The number of hydrogen-bond donors (Lipinski definition) is 1. The smallest absolute Gasteiger partial charge is 0.346 e. The van der Waals surface area contributed by atoms with Gasteiger partial charge in [0, 0.05) is 10.9 Å². The number of hydrogen-bond acceptors (Lipinski definition) is 6. The molecular weight excluding hydrogens is 428 g/mol. The van der Waals surface area contributed by atoms with Crippen LogP contribution in [0.25, 0.3) is 32.1 Å². The van der Waals surface area contributed by atoms with E-state index in [-0.39, 0.29) is 5.91 Å². The van der Waals surface area contributed by atoms with Crippen LogP contribution in [0.4, 0.5) is 5.00 Å². The summed E-state index contributed by atoms with van der Waals surface area (Å²) in [5, 5.41) is 6.83. The average Bonchev–Trinajstić information content (AvgIpc) is 3.43. The Labute approximate surface area is 185 Å². The van der Waals surface area contributed by atoms with E-state index in [1.54, 1.807) is 24.3 Å². The third kappa shape index (κ3) is 3.81. The van der Waals surface area contributed by atoms with Crippen molar-refractivity contribution in [2.75, 3.05) is 5.32 Å². The van der Waals surface area contributed by atoms with Crippen LogP contribution in [0, 0.1) is 6.92 Å². The molecule has 0 atom stereocenters. The molecule has 0 spiro atoms. The number of nitrogens with one attached hydrogen (secondary N) is 1. The molecule has 31 heavy (non-hydrogen) atoms. The zero-order chi connectivity index (χ0) is 21.4. The first kappa shape index (κ1) is 19.4. The van der Waals surface area contributed by atoms with Crippen LogP contribution in [-0.4, -0.2) is 10.9 Å². The first-order valence-corrected chi connectivity index (χ1v) is 11.2. The van der Waals surface area contributed by atoms with Crippen LogP contribution in [0.15, 0.2) is 81.3 Å². The fraction of sp³-hybridized carbons (Fsp3) is 0.0417. The van der Waals surface area contributed by atoms with Gasteiger partial charge in [-0.1, -0.05) is 53.3 Å². The van der Waals surface area contributed by atoms with Crippen LogP contribution >= 0.6 is 22.7 Å². The molecule has 5 nitrogen and oxygen atoms in total. The van der Waals surface area contributed by atoms with Crippen LogP contribution < -0.4 is 10.9 Å². The van der Waals surface area contributed by atoms with Gasteiger partial charge in [0.2, 0.25) is 0 Å².